The van der Waals surface area contributed by atoms with Crippen molar-refractivity contribution in [2.45, 2.75) is 13.0 Å². The number of pyridine rings is 1. The first-order valence-electron chi connectivity index (χ1n) is 4.21. The zero-order valence-corrected chi connectivity index (χ0v) is 7.41. The van der Waals surface area contributed by atoms with Crippen molar-refractivity contribution in [3.05, 3.63) is 18.3 Å². The second-order valence-corrected chi connectivity index (χ2v) is 3.22. The molecule has 2 rings (SSSR count). The molecule has 1 aromatic heterocycles. The summed E-state index contributed by atoms with van der Waals surface area (Å²) < 4.78 is 0. The summed E-state index contributed by atoms with van der Waals surface area (Å²) in [5.74, 6) is 1.05. The van der Waals surface area contributed by atoms with Gasteiger partial charge in [0.2, 0.25) is 0 Å². The maximum absolute atomic E-state index is 4.31. The Morgan fingerprint density at radius 3 is 3.33 bits per heavy atom. The first-order valence-corrected chi connectivity index (χ1v) is 4.21. The van der Waals surface area contributed by atoms with Gasteiger partial charge in [-0.05, 0) is 19.1 Å². The lowest BCUT2D eigenvalue weighted by molar-refractivity contribution is 0.689. The van der Waals surface area contributed by atoms with Gasteiger partial charge in [-0.3, -0.25) is 0 Å². The molecule has 0 spiro atoms. The van der Waals surface area contributed by atoms with Crippen molar-refractivity contribution in [1.29, 1.82) is 0 Å². The highest BCUT2D eigenvalue weighted by Gasteiger charge is 2.19. The first kappa shape index (κ1) is 7.40. The van der Waals surface area contributed by atoms with Gasteiger partial charge in [-0.15, -0.1) is 0 Å². The lowest BCUT2D eigenvalue weighted by atomic mass is 10.2. The quantitative estimate of drug-likeness (QED) is 0.625. The van der Waals surface area contributed by atoms with E-state index in [0.717, 1.165) is 18.1 Å². The lowest BCUT2D eigenvalue weighted by Crippen LogP contribution is -2.39. The smallest absolute Gasteiger partial charge is 0.152 e. The molecule has 0 unspecified atom stereocenters. The normalized spacial score (nSPS) is 21.5. The van der Waals surface area contributed by atoms with Crippen LogP contribution in [0, 0.1) is 0 Å². The van der Waals surface area contributed by atoms with Crippen molar-refractivity contribution in [3.63, 3.8) is 0 Å². The monoisotopic (exact) mass is 163 g/mol. The molecule has 0 fully saturated rings. The van der Waals surface area contributed by atoms with Crippen LogP contribution in [-0.2, 0) is 0 Å². The van der Waals surface area contributed by atoms with Crippen LogP contribution >= 0.6 is 0 Å². The Labute approximate surface area is 72.4 Å². The molecule has 64 valence electrons. The van der Waals surface area contributed by atoms with Gasteiger partial charge in [0.15, 0.2) is 5.82 Å². The highest BCUT2D eigenvalue weighted by atomic mass is 15.2. The third-order valence-electron chi connectivity index (χ3n) is 2.37. The van der Waals surface area contributed by atoms with Gasteiger partial charge in [-0.25, -0.2) is 4.98 Å². The van der Waals surface area contributed by atoms with E-state index in [1.165, 1.54) is 0 Å². The summed E-state index contributed by atoms with van der Waals surface area (Å²) in [7, 11) is 2.08. The molecule has 1 aliphatic rings. The Hall–Kier alpha value is -1.25. The van der Waals surface area contributed by atoms with E-state index < -0.39 is 0 Å². The van der Waals surface area contributed by atoms with E-state index >= 15 is 0 Å². The number of nitrogens with zero attached hydrogens (tertiary/aromatic N) is 2. The Morgan fingerprint density at radius 2 is 2.50 bits per heavy atom. The van der Waals surface area contributed by atoms with Crippen LogP contribution in [0.2, 0.25) is 0 Å². The van der Waals surface area contributed by atoms with E-state index in [4.69, 9.17) is 0 Å². The number of anilines is 2. The van der Waals surface area contributed by atoms with Gasteiger partial charge in [-0.1, -0.05) is 0 Å². The Bertz CT molecular complexity index is 285. The maximum Gasteiger partial charge on any atom is 0.152 e. The Morgan fingerprint density at radius 1 is 1.67 bits per heavy atom. The zero-order valence-electron chi connectivity index (χ0n) is 7.41. The number of rotatable bonds is 0. The van der Waals surface area contributed by atoms with Crippen LogP contribution in [-0.4, -0.2) is 24.6 Å². The molecule has 0 saturated carbocycles. The fourth-order valence-corrected chi connectivity index (χ4v) is 1.42. The lowest BCUT2D eigenvalue weighted by Gasteiger charge is -2.33. The van der Waals surface area contributed by atoms with Gasteiger partial charge in [0, 0.05) is 25.8 Å². The first-order chi connectivity index (χ1) is 5.79. The second kappa shape index (κ2) is 2.66. The molecular formula is C9H13N3. The molecule has 1 N–H and O–H groups in total. The summed E-state index contributed by atoms with van der Waals surface area (Å²) in [6, 6.07) is 4.53. The van der Waals surface area contributed by atoms with Gasteiger partial charge < -0.3 is 10.2 Å². The van der Waals surface area contributed by atoms with E-state index in [2.05, 4.69) is 35.2 Å². The molecule has 0 radical (unpaired) electrons. The number of hydrogen-bond donors (Lipinski definition) is 1. The van der Waals surface area contributed by atoms with Gasteiger partial charge in [0.05, 0.1) is 5.69 Å². The number of hydrogen-bond acceptors (Lipinski definition) is 3. The van der Waals surface area contributed by atoms with Crippen molar-refractivity contribution in [2.75, 3.05) is 23.8 Å². The predicted molar refractivity (Wildman–Crippen MR) is 50.6 cm³/mol. The average Bonchev–Trinajstić information content (AvgIpc) is 2.12. The molecule has 0 aliphatic carbocycles. The van der Waals surface area contributed by atoms with E-state index in [9.17, 15) is 0 Å². The molecule has 12 heavy (non-hydrogen) atoms. The van der Waals surface area contributed by atoms with Gasteiger partial charge >= 0.3 is 0 Å². The van der Waals surface area contributed by atoms with E-state index in [-0.39, 0.29) is 0 Å². The van der Waals surface area contributed by atoms with Crippen LogP contribution < -0.4 is 10.2 Å². The fraction of sp³-hybridized carbons (Fsp3) is 0.444. The molecule has 3 heteroatoms. The maximum atomic E-state index is 4.31. The second-order valence-electron chi connectivity index (χ2n) is 3.22. The molecule has 0 bridgehead atoms. The van der Waals surface area contributed by atoms with Crippen LogP contribution in [0.5, 0.6) is 0 Å². The molecule has 0 saturated heterocycles. The van der Waals surface area contributed by atoms with Gasteiger partial charge in [0.1, 0.15) is 0 Å². The topological polar surface area (TPSA) is 28.2 Å². The number of fused-ring (bicyclic) bond motifs is 1. The minimum Gasteiger partial charge on any atom is -0.380 e. The van der Waals surface area contributed by atoms with E-state index in [1.54, 1.807) is 0 Å². The molecule has 2 heterocycles. The number of nitrogens with one attached hydrogen (secondary N) is 1. The summed E-state index contributed by atoms with van der Waals surface area (Å²) in [5, 5.41) is 3.34. The predicted octanol–water partition coefficient (Wildman–Crippen LogP) is 1.33. The Balaban J connectivity index is 2.42. The van der Waals surface area contributed by atoms with Crippen LogP contribution in [0.1, 0.15) is 6.92 Å². The summed E-state index contributed by atoms with van der Waals surface area (Å²) in [5.41, 5.74) is 1.14. The minimum atomic E-state index is 0.521. The molecular weight excluding hydrogens is 150 g/mol. The zero-order chi connectivity index (χ0) is 8.55. The van der Waals surface area contributed by atoms with Gasteiger partial charge in [0.25, 0.3) is 0 Å². The highest BCUT2D eigenvalue weighted by molar-refractivity contribution is 5.67. The number of aromatic nitrogens is 1. The summed E-state index contributed by atoms with van der Waals surface area (Å²) in [6.07, 6.45) is 1.83. The largest absolute Gasteiger partial charge is 0.380 e. The molecule has 3 nitrogen and oxygen atoms in total. The third-order valence-corrected chi connectivity index (χ3v) is 2.37. The van der Waals surface area contributed by atoms with Crippen molar-refractivity contribution in [1.82, 2.24) is 4.98 Å². The summed E-state index contributed by atoms with van der Waals surface area (Å²) in [6.45, 7) is 3.18. The van der Waals surface area contributed by atoms with Crippen molar-refractivity contribution in [2.24, 2.45) is 0 Å². The molecule has 1 aliphatic heterocycles. The Kier molecular flexibility index (Phi) is 1.64. The van der Waals surface area contributed by atoms with Crippen LogP contribution in [0.3, 0.4) is 0 Å². The fourth-order valence-electron chi connectivity index (χ4n) is 1.42. The van der Waals surface area contributed by atoms with Crippen LogP contribution in [0.15, 0.2) is 18.3 Å². The van der Waals surface area contributed by atoms with Crippen molar-refractivity contribution in [3.8, 4) is 0 Å². The van der Waals surface area contributed by atoms with Crippen molar-refractivity contribution < 1.29 is 0 Å². The molecule has 1 atom stereocenters. The van der Waals surface area contributed by atoms with Crippen molar-refractivity contribution >= 4 is 11.5 Å². The summed E-state index contributed by atoms with van der Waals surface area (Å²) >= 11 is 0. The highest BCUT2D eigenvalue weighted by Crippen LogP contribution is 2.26. The third kappa shape index (κ3) is 1.02. The van der Waals surface area contributed by atoms with Crippen LogP contribution in [0.25, 0.3) is 0 Å². The summed E-state index contributed by atoms with van der Waals surface area (Å²) in [4.78, 5) is 6.51. The SMILES string of the molecule is C[C@@H]1CNc2cccnc2N1C. The van der Waals surface area contributed by atoms with E-state index in [1.807, 2.05) is 12.3 Å². The minimum absolute atomic E-state index is 0.521. The van der Waals surface area contributed by atoms with Crippen LogP contribution in [0.4, 0.5) is 11.5 Å². The average molecular weight is 163 g/mol. The molecule has 1 aromatic rings. The van der Waals surface area contributed by atoms with Gasteiger partial charge in [-0.2, -0.15) is 0 Å². The number of likely N-dealkylation sites (N-methyl/N-ethyl adjacent to an activating group) is 1. The molecule has 0 aromatic carbocycles. The van der Waals surface area contributed by atoms with E-state index in [0.29, 0.717) is 6.04 Å². The standard InChI is InChI=1S/C9H13N3/c1-7-6-11-8-4-3-5-10-9(8)12(7)2/h3-5,7,11H,6H2,1-2H3/t7-/m1/s1. The molecule has 0 amide bonds.